The summed E-state index contributed by atoms with van der Waals surface area (Å²) >= 11 is 0. The minimum atomic E-state index is 0.760. The summed E-state index contributed by atoms with van der Waals surface area (Å²) in [6, 6.07) is 0. The van der Waals surface area contributed by atoms with Crippen molar-refractivity contribution in [1.29, 1.82) is 0 Å². The Morgan fingerprint density at radius 2 is 2.46 bits per heavy atom. The maximum absolute atomic E-state index is 4.45. The smallest absolute Gasteiger partial charge is 0.0593 e. The van der Waals surface area contributed by atoms with E-state index in [0.717, 1.165) is 36.8 Å². The molecular formula is C10H15N3. The Kier molecular flexibility index (Phi) is 2.54. The third-order valence-corrected chi connectivity index (χ3v) is 2.47. The van der Waals surface area contributed by atoms with Gasteiger partial charge < -0.3 is 5.32 Å². The van der Waals surface area contributed by atoms with Gasteiger partial charge in [-0.05, 0) is 38.8 Å². The van der Waals surface area contributed by atoms with Gasteiger partial charge in [-0.25, -0.2) is 0 Å². The summed E-state index contributed by atoms with van der Waals surface area (Å²) in [6.45, 7) is 4.28. The molecule has 3 heteroatoms. The molecule has 1 aromatic rings. The molecule has 1 aliphatic rings. The maximum Gasteiger partial charge on any atom is 0.0593 e. The number of rotatable bonds is 2. The number of nitrogens with zero attached hydrogens (tertiary/aromatic N) is 2. The maximum atomic E-state index is 4.45. The van der Waals surface area contributed by atoms with Crippen molar-refractivity contribution in [2.75, 3.05) is 13.1 Å². The van der Waals surface area contributed by atoms with Crippen LogP contribution in [0.15, 0.2) is 12.4 Å². The normalized spacial score (nSPS) is 22.1. The molecule has 70 valence electrons. The van der Waals surface area contributed by atoms with E-state index < -0.39 is 0 Å². The zero-order valence-electron chi connectivity index (χ0n) is 7.95. The summed E-state index contributed by atoms with van der Waals surface area (Å²) in [4.78, 5) is 8.59. The van der Waals surface area contributed by atoms with Crippen molar-refractivity contribution in [3.05, 3.63) is 23.8 Å². The van der Waals surface area contributed by atoms with E-state index in [-0.39, 0.29) is 0 Å². The fourth-order valence-electron chi connectivity index (χ4n) is 1.80. The van der Waals surface area contributed by atoms with Gasteiger partial charge in [0.15, 0.2) is 0 Å². The molecule has 1 aliphatic heterocycles. The van der Waals surface area contributed by atoms with Gasteiger partial charge in [0.1, 0.15) is 0 Å². The molecule has 2 heterocycles. The van der Waals surface area contributed by atoms with E-state index in [0.29, 0.717) is 0 Å². The van der Waals surface area contributed by atoms with Crippen LogP contribution in [0.25, 0.3) is 0 Å². The molecule has 1 saturated heterocycles. The largest absolute Gasteiger partial charge is 0.316 e. The molecule has 1 aromatic heterocycles. The van der Waals surface area contributed by atoms with E-state index in [1.54, 1.807) is 6.20 Å². The molecule has 1 N–H and O–H groups in total. The molecule has 2 rings (SSSR count). The molecule has 1 fully saturated rings. The summed E-state index contributed by atoms with van der Waals surface area (Å²) in [5.41, 5.74) is 2.15. The van der Waals surface area contributed by atoms with Crippen LogP contribution in [0.1, 0.15) is 17.8 Å². The number of hydrogen-bond donors (Lipinski definition) is 1. The Morgan fingerprint density at radius 1 is 1.54 bits per heavy atom. The minimum Gasteiger partial charge on any atom is -0.316 e. The van der Waals surface area contributed by atoms with E-state index in [1.807, 2.05) is 13.1 Å². The quantitative estimate of drug-likeness (QED) is 0.730. The third kappa shape index (κ3) is 2.25. The second-order valence-corrected chi connectivity index (χ2v) is 3.71. The molecule has 1 unspecified atom stereocenters. The van der Waals surface area contributed by atoms with Crippen LogP contribution in [0.5, 0.6) is 0 Å². The minimum absolute atomic E-state index is 0.760. The Hall–Kier alpha value is -0.960. The molecule has 0 amide bonds. The van der Waals surface area contributed by atoms with Crippen molar-refractivity contribution in [3.8, 4) is 0 Å². The van der Waals surface area contributed by atoms with Crippen LogP contribution < -0.4 is 5.32 Å². The molecule has 0 saturated carbocycles. The average molecular weight is 177 g/mol. The first-order chi connectivity index (χ1) is 6.34. The van der Waals surface area contributed by atoms with Gasteiger partial charge in [0.25, 0.3) is 0 Å². The van der Waals surface area contributed by atoms with E-state index in [2.05, 4.69) is 15.3 Å². The number of aryl methyl sites for hydroxylation is 1. The van der Waals surface area contributed by atoms with Gasteiger partial charge in [0.2, 0.25) is 0 Å². The van der Waals surface area contributed by atoms with Crippen LogP contribution in [0, 0.1) is 12.8 Å². The molecule has 0 aliphatic carbocycles. The second-order valence-electron chi connectivity index (χ2n) is 3.71. The topological polar surface area (TPSA) is 37.8 Å². The molecule has 0 bridgehead atoms. The number of aromatic nitrogens is 2. The fourth-order valence-corrected chi connectivity index (χ4v) is 1.80. The first-order valence-electron chi connectivity index (χ1n) is 4.83. The van der Waals surface area contributed by atoms with Gasteiger partial charge in [-0.15, -0.1) is 0 Å². The van der Waals surface area contributed by atoms with Crippen LogP contribution in [0.3, 0.4) is 0 Å². The standard InChI is InChI=1S/C10H15N3/c1-8-5-12-7-10(13-8)4-9-2-3-11-6-9/h5,7,9,11H,2-4,6H2,1H3. The van der Waals surface area contributed by atoms with Crippen molar-refractivity contribution in [3.63, 3.8) is 0 Å². The van der Waals surface area contributed by atoms with Crippen molar-refractivity contribution in [2.24, 2.45) is 5.92 Å². The number of nitrogens with one attached hydrogen (secondary N) is 1. The fraction of sp³-hybridized carbons (Fsp3) is 0.600. The predicted octanol–water partition coefficient (Wildman–Crippen LogP) is 0.937. The van der Waals surface area contributed by atoms with Crippen LogP contribution in [0.2, 0.25) is 0 Å². The summed E-state index contributed by atoms with van der Waals surface area (Å²) in [5.74, 6) is 0.760. The monoisotopic (exact) mass is 177 g/mol. The second kappa shape index (κ2) is 3.83. The van der Waals surface area contributed by atoms with Crippen LogP contribution in [0.4, 0.5) is 0 Å². The lowest BCUT2D eigenvalue weighted by atomic mass is 10.0. The average Bonchev–Trinajstić information content (AvgIpc) is 2.57. The van der Waals surface area contributed by atoms with Gasteiger partial charge >= 0.3 is 0 Å². The van der Waals surface area contributed by atoms with Crippen molar-refractivity contribution < 1.29 is 0 Å². The molecule has 1 atom stereocenters. The lowest BCUT2D eigenvalue weighted by Crippen LogP contribution is -2.11. The first kappa shape index (κ1) is 8.63. The third-order valence-electron chi connectivity index (χ3n) is 2.47. The Bertz CT molecular complexity index is 279. The van der Waals surface area contributed by atoms with Crippen LogP contribution in [-0.2, 0) is 6.42 Å². The van der Waals surface area contributed by atoms with Gasteiger partial charge in [-0.1, -0.05) is 0 Å². The lowest BCUT2D eigenvalue weighted by molar-refractivity contribution is 0.569. The van der Waals surface area contributed by atoms with Crippen LogP contribution in [-0.4, -0.2) is 23.1 Å². The van der Waals surface area contributed by atoms with Gasteiger partial charge in [0, 0.05) is 12.4 Å². The predicted molar refractivity (Wildman–Crippen MR) is 51.4 cm³/mol. The van der Waals surface area contributed by atoms with E-state index in [9.17, 15) is 0 Å². The highest BCUT2D eigenvalue weighted by Gasteiger charge is 2.15. The zero-order chi connectivity index (χ0) is 9.10. The van der Waals surface area contributed by atoms with Crippen molar-refractivity contribution in [2.45, 2.75) is 19.8 Å². The lowest BCUT2D eigenvalue weighted by Gasteiger charge is -2.06. The summed E-state index contributed by atoms with van der Waals surface area (Å²) < 4.78 is 0. The van der Waals surface area contributed by atoms with Crippen LogP contribution >= 0.6 is 0 Å². The Morgan fingerprint density at radius 3 is 3.15 bits per heavy atom. The van der Waals surface area contributed by atoms with Gasteiger partial charge in [-0.3, -0.25) is 9.97 Å². The van der Waals surface area contributed by atoms with Gasteiger partial charge in [-0.2, -0.15) is 0 Å². The van der Waals surface area contributed by atoms with E-state index in [4.69, 9.17) is 0 Å². The van der Waals surface area contributed by atoms with E-state index >= 15 is 0 Å². The van der Waals surface area contributed by atoms with Crippen molar-refractivity contribution >= 4 is 0 Å². The SMILES string of the molecule is Cc1cncc(CC2CCNC2)n1. The summed E-state index contributed by atoms with van der Waals surface area (Å²) in [7, 11) is 0. The van der Waals surface area contributed by atoms with Gasteiger partial charge in [0.05, 0.1) is 11.4 Å². The highest BCUT2D eigenvalue weighted by molar-refractivity contribution is 5.03. The zero-order valence-corrected chi connectivity index (χ0v) is 7.95. The first-order valence-corrected chi connectivity index (χ1v) is 4.83. The van der Waals surface area contributed by atoms with Crippen molar-refractivity contribution in [1.82, 2.24) is 15.3 Å². The molecule has 3 nitrogen and oxygen atoms in total. The molecule has 0 spiro atoms. The molecular weight excluding hydrogens is 162 g/mol. The summed E-state index contributed by atoms with van der Waals surface area (Å²) in [5, 5.41) is 3.36. The molecule has 0 radical (unpaired) electrons. The summed E-state index contributed by atoms with van der Waals surface area (Å²) in [6.07, 6.45) is 6.03. The highest BCUT2D eigenvalue weighted by Crippen LogP contribution is 2.12. The number of hydrogen-bond acceptors (Lipinski definition) is 3. The molecule has 0 aromatic carbocycles. The Labute approximate surface area is 78.6 Å². The van der Waals surface area contributed by atoms with E-state index in [1.165, 1.54) is 6.42 Å². The Balaban J connectivity index is 2.00. The highest BCUT2D eigenvalue weighted by atomic mass is 14.9. The molecule has 13 heavy (non-hydrogen) atoms.